The topological polar surface area (TPSA) is 78.4 Å². The first-order valence-electron chi connectivity index (χ1n) is 5.68. The first-order valence-corrected chi connectivity index (χ1v) is 5.68. The van der Waals surface area contributed by atoms with Gasteiger partial charge in [-0.1, -0.05) is 19.3 Å². The molecule has 0 aromatic rings. The monoisotopic (exact) mass is 240 g/mol. The zero-order valence-electron chi connectivity index (χ0n) is 10.3. The molecule has 0 spiro atoms. The fraction of sp³-hybridized carbons (Fsp3) is 0.667. The summed E-state index contributed by atoms with van der Waals surface area (Å²) >= 11 is 0. The van der Waals surface area contributed by atoms with Gasteiger partial charge in [0.1, 0.15) is 0 Å². The van der Waals surface area contributed by atoms with Crippen LogP contribution in [0.25, 0.3) is 0 Å². The Bertz CT molecular complexity index is 297. The maximum absolute atomic E-state index is 11.2. The number of hydrogen-bond acceptors (Lipinski definition) is 2. The first kappa shape index (κ1) is 15.3. The molecule has 0 bridgehead atoms. The minimum Gasteiger partial charge on any atom is -0.481 e. The summed E-state index contributed by atoms with van der Waals surface area (Å²) in [4.78, 5) is 21.8. The van der Waals surface area contributed by atoms with Gasteiger partial charge in [0.05, 0.1) is 12.5 Å². The number of rotatable bonds is 7. The average molecular weight is 240 g/mol. The number of carbonyl (C=O) groups excluding carboxylic acids is 1. The van der Waals surface area contributed by atoms with Crippen LogP contribution < -0.4 is 10.6 Å². The Balaban J connectivity index is 3.66. The van der Waals surface area contributed by atoms with Crippen molar-refractivity contribution in [2.24, 2.45) is 5.92 Å². The summed E-state index contributed by atoms with van der Waals surface area (Å²) in [6.45, 7) is 3.76. The van der Waals surface area contributed by atoms with E-state index in [4.69, 9.17) is 11.5 Å². The number of nitrogens with one attached hydrogen (secondary N) is 2. The van der Waals surface area contributed by atoms with Gasteiger partial charge in [-0.05, 0) is 19.8 Å². The quantitative estimate of drug-likeness (QED) is 0.585. The zero-order valence-corrected chi connectivity index (χ0v) is 10.3. The average Bonchev–Trinajstić information content (AvgIpc) is 2.25. The summed E-state index contributed by atoms with van der Waals surface area (Å²) in [5.74, 6) is 1.19. The lowest BCUT2D eigenvalue weighted by molar-refractivity contribution is -0.141. The van der Waals surface area contributed by atoms with Crippen molar-refractivity contribution >= 4 is 12.0 Å². The van der Waals surface area contributed by atoms with E-state index in [0.29, 0.717) is 6.42 Å². The molecular weight excluding hydrogens is 220 g/mol. The molecular formula is C12H20N2O3. The lowest BCUT2D eigenvalue weighted by Gasteiger charge is -2.14. The fourth-order valence-electron chi connectivity index (χ4n) is 1.33. The van der Waals surface area contributed by atoms with E-state index >= 15 is 0 Å². The van der Waals surface area contributed by atoms with Gasteiger partial charge in [-0.25, -0.2) is 4.79 Å². The molecule has 0 aromatic carbocycles. The number of aliphatic carboxylic acids is 1. The molecule has 17 heavy (non-hydrogen) atoms. The third-order valence-corrected chi connectivity index (χ3v) is 2.42. The van der Waals surface area contributed by atoms with E-state index in [0.717, 1.165) is 12.8 Å². The van der Waals surface area contributed by atoms with Crippen LogP contribution in [-0.4, -0.2) is 29.7 Å². The van der Waals surface area contributed by atoms with Crippen LogP contribution in [0.2, 0.25) is 0 Å². The van der Waals surface area contributed by atoms with Crippen LogP contribution >= 0.6 is 0 Å². The molecule has 0 aromatic heterocycles. The number of terminal acetylenes is 1. The van der Waals surface area contributed by atoms with Crippen molar-refractivity contribution in [1.29, 1.82) is 0 Å². The Morgan fingerprint density at radius 3 is 2.53 bits per heavy atom. The molecule has 0 saturated heterocycles. The van der Waals surface area contributed by atoms with Gasteiger partial charge in [-0.2, -0.15) is 0 Å². The summed E-state index contributed by atoms with van der Waals surface area (Å²) in [7, 11) is 0. The molecule has 2 unspecified atom stereocenters. The number of amides is 2. The largest absolute Gasteiger partial charge is 0.481 e. The molecule has 0 aliphatic rings. The van der Waals surface area contributed by atoms with Crippen LogP contribution in [0.1, 0.15) is 33.1 Å². The van der Waals surface area contributed by atoms with Gasteiger partial charge in [0.15, 0.2) is 0 Å². The Kier molecular flexibility index (Phi) is 7.61. The third kappa shape index (κ3) is 8.14. The Morgan fingerprint density at radius 1 is 1.35 bits per heavy atom. The first-order chi connectivity index (χ1) is 7.97. The molecule has 0 saturated carbocycles. The number of carbonyl (C=O) groups is 2. The normalized spacial score (nSPS) is 13.2. The predicted molar refractivity (Wildman–Crippen MR) is 65.5 cm³/mol. The highest BCUT2D eigenvalue weighted by Gasteiger charge is 2.12. The van der Waals surface area contributed by atoms with E-state index < -0.39 is 5.97 Å². The number of urea groups is 1. The second-order valence-electron chi connectivity index (χ2n) is 4.10. The number of carboxylic acid groups (broad SMARTS) is 1. The highest BCUT2D eigenvalue weighted by atomic mass is 16.4. The number of hydrogen-bond donors (Lipinski definition) is 3. The zero-order chi connectivity index (χ0) is 13.3. The SMILES string of the molecule is C#CCNC(=O)NC(C)CCCC(C)C(=O)O. The van der Waals surface area contributed by atoms with E-state index in [1.54, 1.807) is 6.92 Å². The molecule has 0 heterocycles. The molecule has 5 nitrogen and oxygen atoms in total. The second-order valence-corrected chi connectivity index (χ2v) is 4.10. The van der Waals surface area contributed by atoms with Crippen LogP contribution in [0.4, 0.5) is 4.79 Å². The molecule has 0 aliphatic carbocycles. The van der Waals surface area contributed by atoms with Crippen LogP contribution in [0.15, 0.2) is 0 Å². The van der Waals surface area contributed by atoms with Gasteiger partial charge in [-0.15, -0.1) is 6.42 Å². The second kappa shape index (κ2) is 8.45. The van der Waals surface area contributed by atoms with Gasteiger partial charge in [0.25, 0.3) is 0 Å². The van der Waals surface area contributed by atoms with Gasteiger partial charge >= 0.3 is 12.0 Å². The predicted octanol–water partition coefficient (Wildman–Crippen LogP) is 1.20. The van der Waals surface area contributed by atoms with E-state index in [1.165, 1.54) is 0 Å². The summed E-state index contributed by atoms with van der Waals surface area (Å²) in [5, 5.41) is 13.9. The third-order valence-electron chi connectivity index (χ3n) is 2.42. The summed E-state index contributed by atoms with van der Waals surface area (Å²) < 4.78 is 0. The summed E-state index contributed by atoms with van der Waals surface area (Å²) in [6.07, 6.45) is 7.14. The molecule has 96 valence electrons. The van der Waals surface area contributed by atoms with Crippen LogP contribution in [-0.2, 0) is 4.79 Å². The molecule has 3 N–H and O–H groups in total. The Labute approximate surface area is 102 Å². The lowest BCUT2D eigenvalue weighted by Crippen LogP contribution is -2.40. The van der Waals surface area contributed by atoms with Crippen molar-refractivity contribution in [3.8, 4) is 12.3 Å². The van der Waals surface area contributed by atoms with Crippen molar-refractivity contribution < 1.29 is 14.7 Å². The van der Waals surface area contributed by atoms with Crippen molar-refractivity contribution in [3.63, 3.8) is 0 Å². The van der Waals surface area contributed by atoms with Crippen molar-refractivity contribution in [2.75, 3.05) is 6.54 Å². The fourth-order valence-corrected chi connectivity index (χ4v) is 1.33. The summed E-state index contributed by atoms with van der Waals surface area (Å²) in [6, 6.07) is -0.282. The van der Waals surface area contributed by atoms with Crippen LogP contribution in [0.5, 0.6) is 0 Å². The standard InChI is InChI=1S/C12H20N2O3/c1-4-8-13-12(17)14-10(3)7-5-6-9(2)11(15)16/h1,9-10H,5-8H2,2-3H3,(H,15,16)(H2,13,14,17). The van der Waals surface area contributed by atoms with Gasteiger partial charge in [-0.3, -0.25) is 4.79 Å². The minimum absolute atomic E-state index is 0.00812. The lowest BCUT2D eigenvalue weighted by atomic mass is 10.0. The van der Waals surface area contributed by atoms with Crippen molar-refractivity contribution in [2.45, 2.75) is 39.2 Å². The molecule has 0 fully saturated rings. The molecule has 2 amide bonds. The van der Waals surface area contributed by atoms with Crippen LogP contribution in [0.3, 0.4) is 0 Å². The molecule has 0 rings (SSSR count). The van der Waals surface area contributed by atoms with E-state index in [2.05, 4.69) is 16.6 Å². The molecule has 5 heteroatoms. The molecule has 2 atom stereocenters. The maximum atomic E-state index is 11.2. The Hall–Kier alpha value is -1.70. The van der Waals surface area contributed by atoms with Gasteiger partial charge < -0.3 is 15.7 Å². The molecule has 0 aliphatic heterocycles. The van der Waals surface area contributed by atoms with Gasteiger partial charge in [0, 0.05) is 6.04 Å². The van der Waals surface area contributed by atoms with Gasteiger partial charge in [0.2, 0.25) is 0 Å². The van der Waals surface area contributed by atoms with E-state index in [-0.39, 0.29) is 24.5 Å². The smallest absolute Gasteiger partial charge is 0.315 e. The maximum Gasteiger partial charge on any atom is 0.315 e. The summed E-state index contributed by atoms with van der Waals surface area (Å²) in [5.41, 5.74) is 0. The molecule has 0 radical (unpaired) electrons. The number of carboxylic acids is 1. The van der Waals surface area contributed by atoms with Crippen molar-refractivity contribution in [1.82, 2.24) is 10.6 Å². The Morgan fingerprint density at radius 2 is 2.00 bits per heavy atom. The van der Waals surface area contributed by atoms with E-state index in [9.17, 15) is 9.59 Å². The highest BCUT2D eigenvalue weighted by molar-refractivity contribution is 5.74. The van der Waals surface area contributed by atoms with E-state index in [1.807, 2.05) is 6.92 Å². The highest BCUT2D eigenvalue weighted by Crippen LogP contribution is 2.09. The minimum atomic E-state index is -0.780. The van der Waals surface area contributed by atoms with Crippen LogP contribution in [0, 0.1) is 18.3 Å². The van der Waals surface area contributed by atoms with Crippen molar-refractivity contribution in [3.05, 3.63) is 0 Å².